The highest BCUT2D eigenvalue weighted by Crippen LogP contribution is 2.14. The molecule has 0 aliphatic carbocycles. The van der Waals surface area contributed by atoms with E-state index in [0.717, 1.165) is 12.1 Å². The number of nitrogens with two attached hydrogens (primary N) is 2. The van der Waals surface area contributed by atoms with Gasteiger partial charge in [0.25, 0.3) is 0 Å². The average molecular weight is 268 g/mol. The fourth-order valence-corrected chi connectivity index (χ4v) is 2.27. The number of fused-ring (bicyclic) bond motifs is 1. The van der Waals surface area contributed by atoms with Crippen LogP contribution in [0, 0.1) is 0 Å². The van der Waals surface area contributed by atoms with Crippen molar-refractivity contribution < 1.29 is 0 Å². The van der Waals surface area contributed by atoms with Crippen LogP contribution < -0.4 is 11.5 Å². The summed E-state index contributed by atoms with van der Waals surface area (Å²) in [7, 11) is 0. The molecule has 0 radical (unpaired) electrons. The summed E-state index contributed by atoms with van der Waals surface area (Å²) in [5.41, 5.74) is 14.5. The summed E-state index contributed by atoms with van der Waals surface area (Å²) in [6.45, 7) is 0.641. The summed E-state index contributed by atoms with van der Waals surface area (Å²) in [5, 5.41) is 0. The molecule has 0 bridgehead atoms. The Balaban J connectivity index is 1.78. The molecule has 2 heterocycles. The summed E-state index contributed by atoms with van der Waals surface area (Å²) in [5.74, 6) is 0.394. The highest BCUT2D eigenvalue weighted by atomic mass is 15.1. The summed E-state index contributed by atoms with van der Waals surface area (Å²) in [4.78, 5) is 12.4. The Hall–Kier alpha value is -2.47. The molecule has 0 saturated heterocycles. The highest BCUT2D eigenvalue weighted by Gasteiger charge is 2.11. The number of anilines is 1. The van der Waals surface area contributed by atoms with Gasteiger partial charge in [-0.3, -0.25) is 0 Å². The van der Waals surface area contributed by atoms with E-state index in [1.807, 2.05) is 22.8 Å². The maximum Gasteiger partial charge on any atom is 0.165 e. The third-order valence-electron chi connectivity index (χ3n) is 3.20. The lowest BCUT2D eigenvalue weighted by atomic mass is 10.1. The lowest BCUT2D eigenvalue weighted by molar-refractivity contribution is 0.557. The molecule has 0 aliphatic rings. The first-order chi connectivity index (χ1) is 9.74. The van der Waals surface area contributed by atoms with E-state index in [1.165, 1.54) is 11.9 Å². The predicted molar refractivity (Wildman–Crippen MR) is 77.9 cm³/mol. The number of imidazole rings is 1. The fourth-order valence-electron chi connectivity index (χ4n) is 2.27. The molecule has 2 aromatic heterocycles. The van der Waals surface area contributed by atoms with Crippen LogP contribution in [0.3, 0.4) is 0 Å². The van der Waals surface area contributed by atoms with E-state index >= 15 is 0 Å². The average Bonchev–Trinajstić information content (AvgIpc) is 2.84. The van der Waals surface area contributed by atoms with Crippen molar-refractivity contribution in [2.75, 3.05) is 5.73 Å². The molecule has 0 spiro atoms. The molecule has 20 heavy (non-hydrogen) atoms. The first kappa shape index (κ1) is 12.6. The van der Waals surface area contributed by atoms with Crippen molar-refractivity contribution in [3.8, 4) is 0 Å². The van der Waals surface area contributed by atoms with Crippen molar-refractivity contribution in [1.82, 2.24) is 19.5 Å². The second kappa shape index (κ2) is 5.26. The van der Waals surface area contributed by atoms with Crippen molar-refractivity contribution in [1.29, 1.82) is 0 Å². The van der Waals surface area contributed by atoms with Crippen molar-refractivity contribution in [2.24, 2.45) is 5.73 Å². The minimum Gasteiger partial charge on any atom is -0.382 e. The molecule has 3 rings (SSSR count). The molecule has 6 nitrogen and oxygen atoms in total. The third-order valence-corrected chi connectivity index (χ3v) is 3.20. The predicted octanol–water partition coefficient (Wildman–Crippen LogP) is 0.978. The number of aromatic nitrogens is 4. The third kappa shape index (κ3) is 2.46. The van der Waals surface area contributed by atoms with Crippen LogP contribution in [-0.4, -0.2) is 25.6 Å². The van der Waals surface area contributed by atoms with Crippen LogP contribution in [0.1, 0.15) is 5.56 Å². The SMILES string of the molecule is Nc1ncnc2c1ncn2C[C@@H](N)Cc1ccccc1. The summed E-state index contributed by atoms with van der Waals surface area (Å²) >= 11 is 0. The zero-order valence-corrected chi connectivity index (χ0v) is 11.0. The number of nitrogen functional groups attached to an aromatic ring is 1. The van der Waals surface area contributed by atoms with Crippen LogP contribution in [0.2, 0.25) is 0 Å². The van der Waals surface area contributed by atoms with Gasteiger partial charge in [-0.2, -0.15) is 0 Å². The molecule has 1 atom stereocenters. The van der Waals surface area contributed by atoms with Crippen LogP contribution in [0.15, 0.2) is 43.0 Å². The Labute approximate surface area is 116 Å². The standard InChI is InChI=1S/C14H16N6/c15-11(6-10-4-2-1-3-5-10)7-20-9-19-12-13(16)17-8-18-14(12)20/h1-5,8-9,11H,6-7,15H2,(H2,16,17,18)/t11-/m0/s1. The number of hydrogen-bond donors (Lipinski definition) is 2. The molecule has 0 saturated carbocycles. The zero-order chi connectivity index (χ0) is 13.9. The maximum atomic E-state index is 6.20. The van der Waals surface area contributed by atoms with Crippen LogP contribution in [0.4, 0.5) is 5.82 Å². The van der Waals surface area contributed by atoms with Gasteiger partial charge in [0, 0.05) is 12.6 Å². The Morgan fingerprint density at radius 2 is 1.90 bits per heavy atom. The van der Waals surface area contributed by atoms with Crippen molar-refractivity contribution >= 4 is 17.0 Å². The normalized spacial score (nSPS) is 12.7. The molecule has 0 unspecified atom stereocenters. The fraction of sp³-hybridized carbons (Fsp3) is 0.214. The first-order valence-corrected chi connectivity index (χ1v) is 6.45. The van der Waals surface area contributed by atoms with Crippen LogP contribution >= 0.6 is 0 Å². The van der Waals surface area contributed by atoms with Crippen LogP contribution in [-0.2, 0) is 13.0 Å². The van der Waals surface area contributed by atoms with E-state index < -0.39 is 0 Å². The van der Waals surface area contributed by atoms with Crippen LogP contribution in [0.25, 0.3) is 11.2 Å². The van der Waals surface area contributed by atoms with Gasteiger partial charge < -0.3 is 16.0 Å². The Kier molecular flexibility index (Phi) is 3.30. The van der Waals surface area contributed by atoms with Gasteiger partial charge in [-0.05, 0) is 12.0 Å². The van der Waals surface area contributed by atoms with Crippen LogP contribution in [0.5, 0.6) is 0 Å². The molecular weight excluding hydrogens is 252 g/mol. The van der Waals surface area contributed by atoms with E-state index in [0.29, 0.717) is 17.9 Å². The van der Waals surface area contributed by atoms with Gasteiger partial charge in [-0.25, -0.2) is 15.0 Å². The Bertz CT molecular complexity index is 706. The highest BCUT2D eigenvalue weighted by molar-refractivity contribution is 5.81. The molecular formula is C14H16N6. The van der Waals surface area contributed by atoms with Gasteiger partial charge in [-0.1, -0.05) is 30.3 Å². The van der Waals surface area contributed by atoms with Gasteiger partial charge in [0.1, 0.15) is 11.8 Å². The van der Waals surface area contributed by atoms with Gasteiger partial charge in [-0.15, -0.1) is 0 Å². The topological polar surface area (TPSA) is 95.6 Å². The molecule has 102 valence electrons. The molecule has 4 N–H and O–H groups in total. The summed E-state index contributed by atoms with van der Waals surface area (Å²) < 4.78 is 1.92. The monoisotopic (exact) mass is 268 g/mol. The lowest BCUT2D eigenvalue weighted by Crippen LogP contribution is -2.28. The van der Waals surface area contributed by atoms with Crippen molar-refractivity contribution in [3.05, 3.63) is 48.5 Å². The molecule has 0 aliphatic heterocycles. The second-order valence-corrected chi connectivity index (χ2v) is 4.78. The lowest BCUT2D eigenvalue weighted by Gasteiger charge is -2.12. The summed E-state index contributed by atoms with van der Waals surface area (Å²) in [6.07, 6.45) is 3.96. The van der Waals surface area contributed by atoms with E-state index in [9.17, 15) is 0 Å². The largest absolute Gasteiger partial charge is 0.382 e. The molecule has 6 heteroatoms. The number of nitrogens with zero attached hydrogens (tertiary/aromatic N) is 4. The van der Waals surface area contributed by atoms with E-state index in [2.05, 4.69) is 27.1 Å². The second-order valence-electron chi connectivity index (χ2n) is 4.78. The van der Waals surface area contributed by atoms with Gasteiger partial charge in [0.05, 0.1) is 6.33 Å². The minimum atomic E-state index is -0.00834. The molecule has 3 aromatic rings. The Morgan fingerprint density at radius 1 is 1.10 bits per heavy atom. The van der Waals surface area contributed by atoms with Gasteiger partial charge in [0.2, 0.25) is 0 Å². The first-order valence-electron chi connectivity index (χ1n) is 6.45. The molecule has 1 aromatic carbocycles. The maximum absolute atomic E-state index is 6.20. The van der Waals surface area contributed by atoms with Crippen molar-refractivity contribution in [3.63, 3.8) is 0 Å². The zero-order valence-electron chi connectivity index (χ0n) is 11.0. The quantitative estimate of drug-likeness (QED) is 0.735. The number of hydrogen-bond acceptors (Lipinski definition) is 5. The molecule has 0 fully saturated rings. The smallest absolute Gasteiger partial charge is 0.165 e. The summed E-state index contributed by atoms with van der Waals surface area (Å²) in [6, 6.07) is 10.2. The Morgan fingerprint density at radius 3 is 2.70 bits per heavy atom. The van der Waals surface area contributed by atoms with E-state index in [1.54, 1.807) is 6.33 Å². The van der Waals surface area contributed by atoms with Gasteiger partial charge in [0.15, 0.2) is 11.5 Å². The van der Waals surface area contributed by atoms with Gasteiger partial charge >= 0.3 is 0 Å². The number of benzene rings is 1. The molecule has 0 amide bonds. The number of rotatable bonds is 4. The van der Waals surface area contributed by atoms with E-state index in [4.69, 9.17) is 11.5 Å². The van der Waals surface area contributed by atoms with E-state index in [-0.39, 0.29) is 6.04 Å². The van der Waals surface area contributed by atoms with Crippen molar-refractivity contribution in [2.45, 2.75) is 19.0 Å². The minimum absolute atomic E-state index is 0.00834.